The second-order valence-electron chi connectivity index (χ2n) is 8.26. The van der Waals surface area contributed by atoms with Crippen LogP contribution in [0, 0.1) is 6.92 Å². The molecular formula is C25H21Cl2N3O2S. The monoisotopic (exact) mass is 497 g/mol. The van der Waals surface area contributed by atoms with E-state index in [9.17, 15) is 9.59 Å². The number of nitrogens with one attached hydrogen (secondary N) is 1. The summed E-state index contributed by atoms with van der Waals surface area (Å²) < 4.78 is 1.49. The molecule has 0 bridgehead atoms. The highest BCUT2D eigenvalue weighted by molar-refractivity contribution is 7.18. The third-order valence-electron chi connectivity index (χ3n) is 5.86. The highest BCUT2D eigenvalue weighted by Gasteiger charge is 2.23. The Bertz CT molecular complexity index is 1460. The fourth-order valence-electron chi connectivity index (χ4n) is 4.31. The van der Waals surface area contributed by atoms with E-state index in [0.717, 1.165) is 47.2 Å². The van der Waals surface area contributed by atoms with E-state index in [-0.39, 0.29) is 18.0 Å². The van der Waals surface area contributed by atoms with Crippen LogP contribution in [-0.2, 0) is 24.2 Å². The minimum Gasteiger partial charge on any atom is -0.324 e. The molecule has 5 nitrogen and oxygen atoms in total. The molecule has 2 heterocycles. The van der Waals surface area contributed by atoms with E-state index in [2.05, 4.69) is 5.32 Å². The molecule has 1 amide bonds. The van der Waals surface area contributed by atoms with E-state index in [4.69, 9.17) is 28.2 Å². The summed E-state index contributed by atoms with van der Waals surface area (Å²) >= 11 is 13.7. The summed E-state index contributed by atoms with van der Waals surface area (Å²) in [5.41, 5.74) is 3.32. The smallest absolute Gasteiger partial charge is 0.263 e. The zero-order valence-electron chi connectivity index (χ0n) is 18.0. The SMILES string of the molecule is Cc1cccc(-c2nc3sc4c(c3c(=O)n2CC(=O)Nc2ccc(Cl)c(Cl)c2)CCCC4)c1. The van der Waals surface area contributed by atoms with E-state index in [1.165, 1.54) is 9.44 Å². The number of fused-ring (bicyclic) bond motifs is 3. The van der Waals surface area contributed by atoms with Gasteiger partial charge in [-0.25, -0.2) is 4.98 Å². The van der Waals surface area contributed by atoms with Crippen molar-refractivity contribution >= 4 is 56.3 Å². The molecule has 2 aromatic carbocycles. The summed E-state index contributed by atoms with van der Waals surface area (Å²) in [5, 5.41) is 4.23. The third-order valence-corrected chi connectivity index (χ3v) is 7.78. The van der Waals surface area contributed by atoms with Crippen LogP contribution in [0.15, 0.2) is 47.3 Å². The van der Waals surface area contributed by atoms with Gasteiger partial charge >= 0.3 is 0 Å². The first-order valence-electron chi connectivity index (χ1n) is 10.8. The van der Waals surface area contributed by atoms with E-state index < -0.39 is 0 Å². The van der Waals surface area contributed by atoms with Crippen molar-refractivity contribution in [2.45, 2.75) is 39.2 Å². The zero-order chi connectivity index (χ0) is 23.1. The first-order valence-corrected chi connectivity index (χ1v) is 12.3. The molecule has 0 saturated heterocycles. The van der Waals surface area contributed by atoms with E-state index in [0.29, 0.717) is 26.9 Å². The standard InChI is InChI=1S/C25H21Cl2N3O2S/c1-14-5-4-6-15(11-14)23-29-24-22(17-7-2-3-8-20(17)33-24)25(32)30(23)13-21(31)28-16-9-10-18(26)19(27)12-16/h4-6,9-12H,2-3,7-8,13H2,1H3,(H,28,31). The highest BCUT2D eigenvalue weighted by Crippen LogP contribution is 2.35. The molecule has 0 fully saturated rings. The van der Waals surface area contributed by atoms with Crippen LogP contribution in [0.1, 0.15) is 28.8 Å². The van der Waals surface area contributed by atoms with Crippen molar-refractivity contribution in [3.05, 3.63) is 78.9 Å². The number of anilines is 1. The molecule has 0 spiro atoms. The van der Waals surface area contributed by atoms with Gasteiger partial charge in [-0.3, -0.25) is 14.2 Å². The van der Waals surface area contributed by atoms with Crippen molar-refractivity contribution < 1.29 is 4.79 Å². The van der Waals surface area contributed by atoms with E-state index in [1.807, 2.05) is 31.2 Å². The minimum atomic E-state index is -0.338. The van der Waals surface area contributed by atoms with Gasteiger partial charge in [-0.1, -0.05) is 47.0 Å². The molecule has 8 heteroatoms. The summed E-state index contributed by atoms with van der Waals surface area (Å²) in [7, 11) is 0. The van der Waals surface area contributed by atoms with Crippen molar-refractivity contribution in [2.24, 2.45) is 0 Å². The van der Waals surface area contributed by atoms with Crippen LogP contribution in [0.3, 0.4) is 0 Å². The van der Waals surface area contributed by atoms with E-state index in [1.54, 1.807) is 29.5 Å². The van der Waals surface area contributed by atoms with Crippen molar-refractivity contribution in [2.75, 3.05) is 5.32 Å². The lowest BCUT2D eigenvalue weighted by molar-refractivity contribution is -0.116. The molecule has 1 aliphatic rings. The van der Waals surface area contributed by atoms with Gasteiger partial charge in [-0.05, 0) is 62.4 Å². The van der Waals surface area contributed by atoms with Crippen LogP contribution in [-0.4, -0.2) is 15.5 Å². The second kappa shape index (κ2) is 8.93. The molecule has 0 aliphatic heterocycles. The average Bonchev–Trinajstić information content (AvgIpc) is 3.17. The maximum absolute atomic E-state index is 13.7. The summed E-state index contributed by atoms with van der Waals surface area (Å²) in [5.74, 6) is 0.161. The van der Waals surface area contributed by atoms with Crippen LogP contribution in [0.5, 0.6) is 0 Å². The summed E-state index contributed by atoms with van der Waals surface area (Å²) in [6.07, 6.45) is 4.05. The number of amides is 1. The van der Waals surface area contributed by atoms with Crippen LogP contribution in [0.25, 0.3) is 21.6 Å². The van der Waals surface area contributed by atoms with Gasteiger partial charge in [0.2, 0.25) is 5.91 Å². The number of carbonyl (C=O) groups excluding carboxylic acids is 1. The van der Waals surface area contributed by atoms with Crippen LogP contribution in [0.4, 0.5) is 5.69 Å². The molecule has 33 heavy (non-hydrogen) atoms. The molecule has 2 aromatic heterocycles. The number of hydrogen-bond donors (Lipinski definition) is 1. The van der Waals surface area contributed by atoms with Crippen molar-refractivity contribution in [1.82, 2.24) is 9.55 Å². The van der Waals surface area contributed by atoms with Gasteiger partial charge in [0.15, 0.2) is 0 Å². The highest BCUT2D eigenvalue weighted by atomic mass is 35.5. The van der Waals surface area contributed by atoms with Gasteiger partial charge in [0.1, 0.15) is 17.2 Å². The Morgan fingerprint density at radius 3 is 2.73 bits per heavy atom. The lowest BCUT2D eigenvalue weighted by Gasteiger charge is -2.14. The van der Waals surface area contributed by atoms with Crippen LogP contribution in [0.2, 0.25) is 10.0 Å². The molecular weight excluding hydrogens is 477 g/mol. The van der Waals surface area contributed by atoms with Crippen LogP contribution < -0.4 is 10.9 Å². The molecule has 0 atom stereocenters. The predicted molar refractivity (Wildman–Crippen MR) is 136 cm³/mol. The first-order chi connectivity index (χ1) is 15.9. The Morgan fingerprint density at radius 2 is 1.94 bits per heavy atom. The molecule has 1 N–H and O–H groups in total. The number of carbonyl (C=O) groups is 1. The Labute approximate surface area is 205 Å². The lowest BCUT2D eigenvalue weighted by atomic mass is 9.97. The summed E-state index contributed by atoms with van der Waals surface area (Å²) in [6, 6.07) is 12.7. The van der Waals surface area contributed by atoms with Crippen molar-refractivity contribution in [3.63, 3.8) is 0 Å². The number of nitrogens with zero attached hydrogens (tertiary/aromatic N) is 2. The molecule has 0 unspecified atom stereocenters. The molecule has 5 rings (SSSR count). The predicted octanol–water partition coefficient (Wildman–Crippen LogP) is 6.26. The Morgan fingerprint density at radius 1 is 1.12 bits per heavy atom. The van der Waals surface area contributed by atoms with Crippen LogP contribution >= 0.6 is 34.5 Å². The largest absolute Gasteiger partial charge is 0.324 e. The lowest BCUT2D eigenvalue weighted by Crippen LogP contribution is -2.30. The van der Waals surface area contributed by atoms with Gasteiger partial charge in [-0.2, -0.15) is 0 Å². The van der Waals surface area contributed by atoms with Gasteiger partial charge in [-0.15, -0.1) is 11.3 Å². The normalized spacial score (nSPS) is 13.2. The molecule has 1 aliphatic carbocycles. The summed E-state index contributed by atoms with van der Waals surface area (Å²) in [4.78, 5) is 33.6. The maximum Gasteiger partial charge on any atom is 0.263 e. The van der Waals surface area contributed by atoms with Gasteiger partial charge in [0.25, 0.3) is 5.56 Å². The fourth-order valence-corrected chi connectivity index (χ4v) is 5.86. The number of hydrogen-bond acceptors (Lipinski definition) is 4. The number of aryl methyl sites for hydroxylation is 3. The second-order valence-corrected chi connectivity index (χ2v) is 10.2. The number of benzene rings is 2. The molecule has 0 saturated carbocycles. The number of rotatable bonds is 4. The van der Waals surface area contributed by atoms with Crippen molar-refractivity contribution in [3.8, 4) is 11.4 Å². The fraction of sp³-hybridized carbons (Fsp3) is 0.240. The zero-order valence-corrected chi connectivity index (χ0v) is 20.3. The van der Waals surface area contributed by atoms with Gasteiger partial charge < -0.3 is 5.32 Å². The summed E-state index contributed by atoms with van der Waals surface area (Å²) in [6.45, 7) is 1.83. The average molecular weight is 498 g/mol. The topological polar surface area (TPSA) is 64.0 Å². The Hall–Kier alpha value is -2.67. The minimum absolute atomic E-state index is 0.157. The Kier molecular flexibility index (Phi) is 5.99. The third kappa shape index (κ3) is 4.31. The first kappa shape index (κ1) is 22.1. The van der Waals surface area contributed by atoms with E-state index >= 15 is 0 Å². The Balaban J connectivity index is 1.61. The van der Waals surface area contributed by atoms with Crippen molar-refractivity contribution in [1.29, 1.82) is 0 Å². The number of thiophene rings is 1. The maximum atomic E-state index is 13.7. The molecule has 0 radical (unpaired) electrons. The number of aromatic nitrogens is 2. The quantitative estimate of drug-likeness (QED) is 0.361. The molecule has 4 aromatic rings. The number of halogens is 2. The molecule has 168 valence electrons. The van der Waals surface area contributed by atoms with Gasteiger partial charge in [0.05, 0.1) is 15.4 Å². The van der Waals surface area contributed by atoms with Gasteiger partial charge in [0, 0.05) is 16.1 Å².